The number of para-hydroxylation sites is 1. The second kappa shape index (κ2) is 8.29. The van der Waals surface area contributed by atoms with Gasteiger partial charge in [-0.2, -0.15) is 0 Å². The number of aliphatic hydroxyl groups excluding tert-OH is 1. The number of hydrogen-bond acceptors (Lipinski definition) is 3. The Kier molecular flexibility index (Phi) is 5.32. The summed E-state index contributed by atoms with van der Waals surface area (Å²) < 4.78 is 13.9. The third-order valence-electron chi connectivity index (χ3n) is 6.45. The van der Waals surface area contributed by atoms with Gasteiger partial charge < -0.3 is 20.2 Å². The van der Waals surface area contributed by atoms with Crippen LogP contribution in [0.2, 0.25) is 0 Å². The summed E-state index contributed by atoms with van der Waals surface area (Å²) >= 11 is 0. The van der Waals surface area contributed by atoms with E-state index in [1.165, 1.54) is 29.9 Å². The molecule has 6 nitrogen and oxygen atoms in total. The van der Waals surface area contributed by atoms with Crippen LogP contribution in [0.5, 0.6) is 0 Å². The number of benzene rings is 2. The lowest BCUT2D eigenvalue weighted by molar-refractivity contribution is -0.159. The van der Waals surface area contributed by atoms with Crippen molar-refractivity contribution < 1.29 is 19.1 Å². The molecule has 2 saturated heterocycles. The van der Waals surface area contributed by atoms with E-state index in [9.17, 15) is 19.1 Å². The van der Waals surface area contributed by atoms with Crippen molar-refractivity contribution in [3.63, 3.8) is 0 Å². The average molecular weight is 433 g/mol. The Labute approximate surface area is 186 Å². The quantitative estimate of drug-likeness (QED) is 0.732. The van der Waals surface area contributed by atoms with Crippen molar-refractivity contribution >= 4 is 17.6 Å². The molecule has 0 unspecified atom stereocenters. The van der Waals surface area contributed by atoms with Crippen molar-refractivity contribution in [1.29, 1.82) is 0 Å². The maximum atomic E-state index is 13.9. The first-order valence-electron chi connectivity index (χ1n) is 10.9. The van der Waals surface area contributed by atoms with Crippen LogP contribution in [0.25, 0.3) is 0 Å². The van der Waals surface area contributed by atoms with Crippen LogP contribution in [0.15, 0.2) is 48.5 Å². The molecule has 3 amide bonds. The fourth-order valence-electron chi connectivity index (χ4n) is 4.61. The van der Waals surface area contributed by atoms with Crippen molar-refractivity contribution in [2.75, 3.05) is 25.0 Å². The van der Waals surface area contributed by atoms with E-state index in [2.05, 4.69) is 17.2 Å². The van der Waals surface area contributed by atoms with Gasteiger partial charge in [0, 0.05) is 23.9 Å². The average Bonchev–Trinajstić information content (AvgIpc) is 3.60. The summed E-state index contributed by atoms with van der Waals surface area (Å²) in [5, 5.41) is 12.5. The van der Waals surface area contributed by atoms with Gasteiger partial charge in [-0.3, -0.25) is 4.79 Å². The highest BCUT2D eigenvalue weighted by Gasteiger charge is 2.54. The molecule has 3 fully saturated rings. The molecule has 1 aliphatic carbocycles. The van der Waals surface area contributed by atoms with Crippen molar-refractivity contribution in [2.45, 2.75) is 30.8 Å². The molecule has 3 atom stereocenters. The molecular formula is C25H24FN3O3. The first-order valence-corrected chi connectivity index (χ1v) is 10.9. The minimum atomic E-state index is -0.530. The zero-order valence-corrected chi connectivity index (χ0v) is 17.5. The number of hydrogen-bond donors (Lipinski definition) is 2. The van der Waals surface area contributed by atoms with Crippen LogP contribution in [0.4, 0.5) is 14.9 Å². The largest absolute Gasteiger partial charge is 0.394 e. The van der Waals surface area contributed by atoms with Gasteiger partial charge in [0.05, 0.1) is 24.4 Å². The first kappa shape index (κ1) is 20.5. The number of fused-ring (bicyclic) bond motifs is 1. The van der Waals surface area contributed by atoms with E-state index in [0.29, 0.717) is 12.5 Å². The minimum absolute atomic E-state index is 0.0775. The SMILES string of the molecule is O=C(Nc1ccccc1F)N1CC(=O)N2[C@@H](CO)[C@@H](c3ccc(C#CC4CC4)cc3)[C@@H]2C1. The van der Waals surface area contributed by atoms with Crippen molar-refractivity contribution in [1.82, 2.24) is 9.80 Å². The maximum Gasteiger partial charge on any atom is 0.322 e. The lowest BCUT2D eigenvalue weighted by atomic mass is 9.73. The summed E-state index contributed by atoms with van der Waals surface area (Å²) in [6.07, 6.45) is 2.36. The number of urea groups is 1. The number of aliphatic hydroxyl groups is 1. The molecule has 0 spiro atoms. The van der Waals surface area contributed by atoms with Gasteiger partial charge in [-0.05, 0) is 42.7 Å². The number of nitrogens with one attached hydrogen (secondary N) is 1. The van der Waals surface area contributed by atoms with Crippen molar-refractivity contribution in [3.05, 3.63) is 65.5 Å². The van der Waals surface area contributed by atoms with E-state index in [4.69, 9.17) is 0 Å². The highest BCUT2D eigenvalue weighted by atomic mass is 19.1. The van der Waals surface area contributed by atoms with E-state index in [-0.39, 0.29) is 42.7 Å². The van der Waals surface area contributed by atoms with Gasteiger partial charge in [0.2, 0.25) is 5.91 Å². The van der Waals surface area contributed by atoms with Gasteiger partial charge in [0.1, 0.15) is 12.4 Å². The summed E-state index contributed by atoms with van der Waals surface area (Å²) in [6, 6.07) is 12.8. The molecule has 2 aromatic carbocycles. The number of rotatable bonds is 3. The fraction of sp³-hybridized carbons (Fsp3) is 0.360. The molecule has 32 heavy (non-hydrogen) atoms. The molecule has 0 radical (unpaired) electrons. The summed E-state index contributed by atoms with van der Waals surface area (Å²) in [4.78, 5) is 28.6. The van der Waals surface area contributed by atoms with E-state index in [1.54, 1.807) is 17.0 Å². The number of piperazine rings is 1. The maximum absolute atomic E-state index is 13.9. The third kappa shape index (κ3) is 3.82. The standard InChI is InChI=1S/C25H24FN3O3/c26-19-3-1-2-4-20(19)27-25(32)28-13-21-24(22(15-30)29(21)23(31)14-28)18-11-9-17(10-12-18)8-7-16-5-6-16/h1-4,9-12,16,21-22,24,30H,5-6,13-15H2,(H,27,32)/t21-,22-,24-/m0/s1. The Hall–Kier alpha value is -3.37. The Bertz CT molecular complexity index is 1100. The highest BCUT2D eigenvalue weighted by Crippen LogP contribution is 2.43. The fourth-order valence-corrected chi connectivity index (χ4v) is 4.61. The number of carbonyl (C=O) groups excluding carboxylic acids is 2. The van der Waals surface area contributed by atoms with E-state index >= 15 is 0 Å². The van der Waals surface area contributed by atoms with Crippen molar-refractivity contribution in [2.24, 2.45) is 5.92 Å². The summed E-state index contributed by atoms with van der Waals surface area (Å²) in [7, 11) is 0. The zero-order chi connectivity index (χ0) is 22.2. The number of halogens is 1. The van der Waals surface area contributed by atoms with Crippen LogP contribution in [0, 0.1) is 23.6 Å². The smallest absolute Gasteiger partial charge is 0.322 e. The molecule has 164 valence electrons. The molecule has 0 aromatic heterocycles. The van der Waals surface area contributed by atoms with Gasteiger partial charge in [0.15, 0.2) is 0 Å². The number of anilines is 1. The predicted molar refractivity (Wildman–Crippen MR) is 117 cm³/mol. The molecule has 7 heteroatoms. The highest BCUT2D eigenvalue weighted by molar-refractivity contribution is 5.94. The Morgan fingerprint density at radius 1 is 1.16 bits per heavy atom. The molecule has 2 aliphatic heterocycles. The molecule has 5 rings (SSSR count). The lowest BCUT2D eigenvalue weighted by Crippen LogP contribution is -2.73. The topological polar surface area (TPSA) is 72.9 Å². The molecule has 2 aromatic rings. The summed E-state index contributed by atoms with van der Waals surface area (Å²) in [5.74, 6) is 6.13. The first-order chi connectivity index (χ1) is 15.5. The van der Waals surface area contributed by atoms with Crippen LogP contribution in [-0.2, 0) is 4.79 Å². The zero-order valence-electron chi connectivity index (χ0n) is 17.5. The van der Waals surface area contributed by atoms with E-state index in [1.807, 2.05) is 24.3 Å². The van der Waals surface area contributed by atoms with Crippen LogP contribution in [0.1, 0.15) is 29.9 Å². The van der Waals surface area contributed by atoms with Gasteiger partial charge in [-0.1, -0.05) is 36.1 Å². The van der Waals surface area contributed by atoms with Gasteiger partial charge >= 0.3 is 6.03 Å². The number of carbonyl (C=O) groups is 2. The monoisotopic (exact) mass is 433 g/mol. The molecule has 3 aliphatic rings. The molecule has 2 heterocycles. The Balaban J connectivity index is 1.32. The Morgan fingerprint density at radius 2 is 1.91 bits per heavy atom. The Morgan fingerprint density at radius 3 is 2.59 bits per heavy atom. The molecule has 1 saturated carbocycles. The van der Waals surface area contributed by atoms with Crippen LogP contribution in [0.3, 0.4) is 0 Å². The van der Waals surface area contributed by atoms with Gasteiger partial charge in [-0.25, -0.2) is 9.18 Å². The second-order valence-electron chi connectivity index (χ2n) is 8.60. The van der Waals surface area contributed by atoms with E-state index < -0.39 is 11.8 Å². The second-order valence-corrected chi connectivity index (χ2v) is 8.60. The third-order valence-corrected chi connectivity index (χ3v) is 6.45. The van der Waals surface area contributed by atoms with Gasteiger partial charge in [0.25, 0.3) is 0 Å². The normalized spacial score (nSPS) is 24.2. The van der Waals surface area contributed by atoms with Crippen molar-refractivity contribution in [3.8, 4) is 11.8 Å². The van der Waals surface area contributed by atoms with Crippen LogP contribution >= 0.6 is 0 Å². The number of amides is 3. The van der Waals surface area contributed by atoms with Crippen LogP contribution in [-0.4, -0.2) is 58.6 Å². The summed E-state index contributed by atoms with van der Waals surface area (Å²) in [6.45, 7) is 0.0731. The summed E-state index contributed by atoms with van der Waals surface area (Å²) in [5.41, 5.74) is 2.03. The van der Waals surface area contributed by atoms with E-state index in [0.717, 1.165) is 11.1 Å². The molecular weight excluding hydrogens is 409 g/mol. The lowest BCUT2D eigenvalue weighted by Gasteiger charge is -2.58. The van der Waals surface area contributed by atoms with Crippen LogP contribution < -0.4 is 5.32 Å². The molecule has 0 bridgehead atoms. The van der Waals surface area contributed by atoms with Gasteiger partial charge in [-0.15, -0.1) is 0 Å². The predicted octanol–water partition coefficient (Wildman–Crippen LogP) is 2.79. The molecule has 2 N–H and O–H groups in total. The number of nitrogens with zero attached hydrogens (tertiary/aromatic N) is 2. The minimum Gasteiger partial charge on any atom is -0.394 e.